The van der Waals surface area contributed by atoms with Gasteiger partial charge in [0.2, 0.25) is 0 Å². The molecular formula is C17H18ClNO. The summed E-state index contributed by atoms with van der Waals surface area (Å²) in [4.78, 5) is 0. The average molecular weight is 288 g/mol. The number of anilines is 1. The predicted molar refractivity (Wildman–Crippen MR) is 83.8 cm³/mol. The van der Waals surface area contributed by atoms with Gasteiger partial charge >= 0.3 is 0 Å². The number of benzene rings is 2. The molecule has 0 bridgehead atoms. The molecule has 0 unspecified atom stereocenters. The van der Waals surface area contributed by atoms with Crippen LogP contribution in [0.5, 0.6) is 5.75 Å². The van der Waals surface area contributed by atoms with Crippen LogP contribution in [-0.4, -0.2) is 13.2 Å². The van der Waals surface area contributed by atoms with Gasteiger partial charge in [-0.3, -0.25) is 0 Å². The minimum atomic E-state index is 0.548. The monoisotopic (exact) mass is 287 g/mol. The van der Waals surface area contributed by atoms with Gasteiger partial charge in [-0.25, -0.2) is 0 Å². The van der Waals surface area contributed by atoms with Crippen molar-refractivity contribution in [2.24, 2.45) is 0 Å². The largest absolute Gasteiger partial charge is 0.497 e. The summed E-state index contributed by atoms with van der Waals surface area (Å²) in [6, 6.07) is 16.8. The van der Waals surface area contributed by atoms with Gasteiger partial charge < -0.3 is 10.1 Å². The Hall–Kier alpha value is -1.67. The zero-order valence-corrected chi connectivity index (χ0v) is 12.2. The van der Waals surface area contributed by atoms with Gasteiger partial charge in [0.05, 0.1) is 7.11 Å². The van der Waals surface area contributed by atoms with Crippen LogP contribution in [0.3, 0.4) is 0 Å². The lowest BCUT2D eigenvalue weighted by Gasteiger charge is -2.37. The number of hydrogen-bond acceptors (Lipinski definition) is 2. The minimum absolute atomic E-state index is 0.548. The Morgan fingerprint density at radius 3 is 2.50 bits per heavy atom. The van der Waals surface area contributed by atoms with Crippen molar-refractivity contribution >= 4 is 17.3 Å². The van der Waals surface area contributed by atoms with E-state index in [1.807, 2.05) is 24.3 Å². The number of methoxy groups -OCH3 is 1. The molecule has 104 valence electrons. The summed E-state index contributed by atoms with van der Waals surface area (Å²) in [5.41, 5.74) is 2.51. The van der Waals surface area contributed by atoms with Crippen LogP contribution in [0.2, 0.25) is 5.02 Å². The molecule has 3 heteroatoms. The zero-order valence-electron chi connectivity index (χ0n) is 11.5. The number of hydrogen-bond donors (Lipinski definition) is 1. The summed E-state index contributed by atoms with van der Waals surface area (Å²) < 4.78 is 5.16. The molecule has 2 aromatic carbocycles. The second-order valence-electron chi connectivity index (χ2n) is 5.29. The van der Waals surface area contributed by atoms with Crippen LogP contribution in [-0.2, 0) is 0 Å². The van der Waals surface area contributed by atoms with E-state index in [1.54, 1.807) is 7.11 Å². The van der Waals surface area contributed by atoms with Crippen LogP contribution in [0, 0.1) is 0 Å². The lowest BCUT2D eigenvalue weighted by molar-refractivity contribution is 0.374. The topological polar surface area (TPSA) is 21.3 Å². The van der Waals surface area contributed by atoms with Crippen molar-refractivity contribution in [2.75, 3.05) is 12.4 Å². The third-order valence-electron chi connectivity index (χ3n) is 3.92. The second-order valence-corrected chi connectivity index (χ2v) is 5.73. The maximum Gasteiger partial charge on any atom is 0.119 e. The average Bonchev–Trinajstić information content (AvgIpc) is 2.43. The third-order valence-corrected chi connectivity index (χ3v) is 4.15. The number of halogens is 1. The Labute approximate surface area is 124 Å². The molecule has 0 spiro atoms. The standard InChI is InChI=1S/C17H18ClNO/c1-20-17-7-5-15(6-8-17)19-16-10-13(11-16)12-3-2-4-14(18)9-12/h2-9,13,16,19H,10-11H2,1H3. The lowest BCUT2D eigenvalue weighted by Crippen LogP contribution is -2.33. The van der Waals surface area contributed by atoms with Gasteiger partial charge in [-0.15, -0.1) is 0 Å². The van der Waals surface area contributed by atoms with Crippen LogP contribution in [0.15, 0.2) is 48.5 Å². The summed E-state index contributed by atoms with van der Waals surface area (Å²) >= 11 is 6.04. The van der Waals surface area contributed by atoms with E-state index in [0.29, 0.717) is 12.0 Å². The molecule has 3 rings (SSSR count). The van der Waals surface area contributed by atoms with E-state index in [9.17, 15) is 0 Å². The van der Waals surface area contributed by atoms with E-state index in [4.69, 9.17) is 16.3 Å². The molecule has 1 aliphatic carbocycles. The Balaban J connectivity index is 1.55. The Bertz CT molecular complexity index is 576. The fraction of sp³-hybridized carbons (Fsp3) is 0.294. The summed E-state index contributed by atoms with van der Waals surface area (Å²) in [6.07, 6.45) is 2.32. The highest BCUT2D eigenvalue weighted by Crippen LogP contribution is 2.39. The molecule has 0 aromatic heterocycles. The number of rotatable bonds is 4. The predicted octanol–water partition coefficient (Wildman–Crippen LogP) is 4.71. The van der Waals surface area contributed by atoms with Crippen molar-refractivity contribution in [3.05, 3.63) is 59.1 Å². The molecule has 1 aliphatic rings. The van der Waals surface area contributed by atoms with Gasteiger partial charge in [-0.05, 0) is 60.7 Å². The normalized spacial score (nSPS) is 21.1. The van der Waals surface area contributed by atoms with E-state index in [-0.39, 0.29) is 0 Å². The Morgan fingerprint density at radius 1 is 1.10 bits per heavy atom. The molecule has 0 radical (unpaired) electrons. The molecular weight excluding hydrogens is 270 g/mol. The van der Waals surface area contributed by atoms with Gasteiger partial charge in [0.15, 0.2) is 0 Å². The van der Waals surface area contributed by atoms with Crippen molar-refractivity contribution in [1.82, 2.24) is 0 Å². The Kier molecular flexibility index (Phi) is 3.83. The molecule has 0 aliphatic heterocycles. The van der Waals surface area contributed by atoms with Crippen molar-refractivity contribution in [1.29, 1.82) is 0 Å². The first-order chi connectivity index (χ1) is 9.74. The maximum absolute atomic E-state index is 6.04. The molecule has 20 heavy (non-hydrogen) atoms. The van der Waals surface area contributed by atoms with Crippen molar-refractivity contribution in [2.45, 2.75) is 24.8 Å². The number of ether oxygens (including phenoxy) is 1. The molecule has 0 heterocycles. The van der Waals surface area contributed by atoms with Crippen LogP contribution >= 0.6 is 11.6 Å². The molecule has 2 aromatic rings. The maximum atomic E-state index is 6.04. The highest BCUT2D eigenvalue weighted by atomic mass is 35.5. The molecule has 2 nitrogen and oxygen atoms in total. The highest BCUT2D eigenvalue weighted by molar-refractivity contribution is 6.30. The van der Waals surface area contributed by atoms with E-state index in [1.165, 1.54) is 5.56 Å². The first kappa shape index (κ1) is 13.3. The molecule has 0 amide bonds. The quantitative estimate of drug-likeness (QED) is 0.879. The first-order valence-electron chi connectivity index (χ1n) is 6.90. The smallest absolute Gasteiger partial charge is 0.119 e. The van der Waals surface area contributed by atoms with Gasteiger partial charge in [-0.1, -0.05) is 23.7 Å². The molecule has 1 fully saturated rings. The SMILES string of the molecule is COc1ccc(NC2CC(c3cccc(Cl)c3)C2)cc1. The van der Waals surface area contributed by atoms with Crippen LogP contribution < -0.4 is 10.1 Å². The van der Waals surface area contributed by atoms with Crippen molar-refractivity contribution in [3.63, 3.8) is 0 Å². The van der Waals surface area contributed by atoms with E-state index >= 15 is 0 Å². The zero-order chi connectivity index (χ0) is 13.9. The van der Waals surface area contributed by atoms with Crippen LogP contribution in [0.4, 0.5) is 5.69 Å². The van der Waals surface area contributed by atoms with Crippen molar-refractivity contribution < 1.29 is 4.74 Å². The summed E-state index contributed by atoms with van der Waals surface area (Å²) in [6.45, 7) is 0. The minimum Gasteiger partial charge on any atom is -0.497 e. The third kappa shape index (κ3) is 2.91. The fourth-order valence-corrected chi connectivity index (χ4v) is 2.89. The molecule has 1 saturated carbocycles. The Morgan fingerprint density at radius 2 is 1.85 bits per heavy atom. The first-order valence-corrected chi connectivity index (χ1v) is 7.28. The highest BCUT2D eigenvalue weighted by Gasteiger charge is 2.30. The molecule has 0 saturated heterocycles. The molecule has 1 N–H and O–H groups in total. The van der Waals surface area contributed by atoms with Gasteiger partial charge in [0.25, 0.3) is 0 Å². The lowest BCUT2D eigenvalue weighted by atomic mass is 9.76. The summed E-state index contributed by atoms with van der Waals surface area (Å²) in [5.74, 6) is 1.52. The fourth-order valence-electron chi connectivity index (χ4n) is 2.69. The number of nitrogens with one attached hydrogen (secondary N) is 1. The second kappa shape index (κ2) is 5.76. The van der Waals surface area contributed by atoms with Crippen LogP contribution in [0.25, 0.3) is 0 Å². The van der Waals surface area contributed by atoms with Crippen molar-refractivity contribution in [3.8, 4) is 5.75 Å². The summed E-state index contributed by atoms with van der Waals surface area (Å²) in [5, 5.41) is 4.38. The van der Waals surface area contributed by atoms with Gasteiger partial charge in [0.1, 0.15) is 5.75 Å². The summed E-state index contributed by atoms with van der Waals surface area (Å²) in [7, 11) is 1.68. The van der Waals surface area contributed by atoms with Crippen LogP contribution in [0.1, 0.15) is 24.3 Å². The van der Waals surface area contributed by atoms with Gasteiger partial charge in [0, 0.05) is 16.8 Å². The van der Waals surface area contributed by atoms with Gasteiger partial charge in [-0.2, -0.15) is 0 Å². The van der Waals surface area contributed by atoms with E-state index in [2.05, 4.69) is 29.6 Å². The van der Waals surface area contributed by atoms with E-state index < -0.39 is 0 Å². The van der Waals surface area contributed by atoms with E-state index in [0.717, 1.165) is 29.3 Å². The molecule has 0 atom stereocenters.